The molecule has 2 aromatic rings. The summed E-state index contributed by atoms with van der Waals surface area (Å²) in [5.74, 6) is -0.544. The summed E-state index contributed by atoms with van der Waals surface area (Å²) in [5.41, 5.74) is 2.19. The van der Waals surface area contributed by atoms with Crippen LogP contribution in [0, 0.1) is 12.8 Å². The minimum Gasteiger partial charge on any atom is -0.481 e. The maximum atomic E-state index is 11.5. The third-order valence-corrected chi connectivity index (χ3v) is 3.50. The highest BCUT2D eigenvalue weighted by Crippen LogP contribution is 2.17. The molecule has 1 atom stereocenters. The van der Waals surface area contributed by atoms with E-state index in [1.54, 1.807) is 4.68 Å². The second-order valence-corrected chi connectivity index (χ2v) is 4.86. The van der Waals surface area contributed by atoms with Crippen molar-refractivity contribution in [3.8, 4) is 0 Å². The molecule has 0 amide bonds. The first kappa shape index (κ1) is 14.2. The first-order chi connectivity index (χ1) is 9.61. The van der Waals surface area contributed by atoms with E-state index in [1.165, 1.54) is 6.33 Å². The lowest BCUT2D eigenvalue weighted by atomic mass is 9.93. The molecular formula is C15H19N3O2. The second-order valence-electron chi connectivity index (χ2n) is 4.86. The normalized spacial score (nSPS) is 12.3. The highest BCUT2D eigenvalue weighted by Gasteiger charge is 2.21. The molecule has 0 spiro atoms. The Bertz CT molecular complexity index is 592. The van der Waals surface area contributed by atoms with Crippen LogP contribution in [-0.4, -0.2) is 25.8 Å². The summed E-state index contributed by atoms with van der Waals surface area (Å²) in [5, 5.41) is 13.5. The van der Waals surface area contributed by atoms with E-state index >= 15 is 0 Å². The van der Waals surface area contributed by atoms with Gasteiger partial charge >= 0.3 is 5.97 Å². The van der Waals surface area contributed by atoms with Gasteiger partial charge in [-0.25, -0.2) is 4.98 Å². The van der Waals surface area contributed by atoms with Crippen molar-refractivity contribution >= 4 is 5.97 Å². The molecule has 5 heteroatoms. The van der Waals surface area contributed by atoms with Gasteiger partial charge in [0.25, 0.3) is 0 Å². The van der Waals surface area contributed by atoms with Gasteiger partial charge < -0.3 is 5.11 Å². The lowest BCUT2D eigenvalue weighted by molar-refractivity contribution is -0.141. The van der Waals surface area contributed by atoms with Crippen molar-refractivity contribution in [2.45, 2.75) is 33.2 Å². The Morgan fingerprint density at radius 2 is 2.10 bits per heavy atom. The summed E-state index contributed by atoms with van der Waals surface area (Å²) in [6, 6.07) is 7.89. The van der Waals surface area contributed by atoms with E-state index in [9.17, 15) is 9.90 Å². The number of aryl methyl sites for hydroxylation is 2. The van der Waals surface area contributed by atoms with Crippen molar-refractivity contribution < 1.29 is 9.90 Å². The van der Waals surface area contributed by atoms with E-state index in [0.717, 1.165) is 17.0 Å². The molecule has 1 aromatic heterocycles. The average molecular weight is 273 g/mol. The Hall–Kier alpha value is -2.17. The SMILES string of the molecule is CCn1ncnc1CC(Cc1ccccc1C)C(=O)O. The van der Waals surface area contributed by atoms with Crippen LogP contribution >= 0.6 is 0 Å². The Balaban J connectivity index is 2.16. The van der Waals surface area contributed by atoms with E-state index < -0.39 is 11.9 Å². The van der Waals surface area contributed by atoms with Crippen molar-refractivity contribution in [2.24, 2.45) is 5.92 Å². The van der Waals surface area contributed by atoms with Gasteiger partial charge in [0.1, 0.15) is 12.2 Å². The van der Waals surface area contributed by atoms with Gasteiger partial charge in [0, 0.05) is 13.0 Å². The zero-order chi connectivity index (χ0) is 14.5. The van der Waals surface area contributed by atoms with Crippen LogP contribution in [0.25, 0.3) is 0 Å². The minimum atomic E-state index is -0.793. The molecule has 0 saturated heterocycles. The summed E-state index contributed by atoms with van der Waals surface area (Å²) in [4.78, 5) is 15.6. The van der Waals surface area contributed by atoms with Crippen molar-refractivity contribution in [2.75, 3.05) is 0 Å². The summed E-state index contributed by atoms with van der Waals surface area (Å²) >= 11 is 0. The first-order valence-corrected chi connectivity index (χ1v) is 6.75. The lowest BCUT2D eigenvalue weighted by Crippen LogP contribution is -2.21. The molecule has 1 N–H and O–H groups in total. The number of benzene rings is 1. The molecule has 5 nitrogen and oxygen atoms in total. The van der Waals surface area contributed by atoms with Crippen LogP contribution in [0.5, 0.6) is 0 Å². The van der Waals surface area contributed by atoms with Crippen LogP contribution in [0.2, 0.25) is 0 Å². The molecule has 106 valence electrons. The monoisotopic (exact) mass is 273 g/mol. The molecule has 1 aromatic carbocycles. The van der Waals surface area contributed by atoms with Crippen LogP contribution in [0.4, 0.5) is 0 Å². The molecule has 1 unspecified atom stereocenters. The van der Waals surface area contributed by atoms with Gasteiger partial charge in [-0.1, -0.05) is 24.3 Å². The summed E-state index contributed by atoms with van der Waals surface area (Å²) in [6.45, 7) is 4.67. The lowest BCUT2D eigenvalue weighted by Gasteiger charge is -2.14. The maximum Gasteiger partial charge on any atom is 0.307 e. The van der Waals surface area contributed by atoms with Gasteiger partial charge in [0.2, 0.25) is 0 Å². The molecule has 1 heterocycles. The quantitative estimate of drug-likeness (QED) is 0.875. The number of hydrogen-bond donors (Lipinski definition) is 1. The fourth-order valence-corrected chi connectivity index (χ4v) is 2.28. The Morgan fingerprint density at radius 3 is 2.75 bits per heavy atom. The molecule has 0 aliphatic carbocycles. The van der Waals surface area contributed by atoms with Gasteiger partial charge in [-0.15, -0.1) is 0 Å². The molecule has 0 aliphatic rings. The largest absolute Gasteiger partial charge is 0.481 e. The summed E-state index contributed by atoms with van der Waals surface area (Å²) in [6.07, 6.45) is 2.39. The third-order valence-electron chi connectivity index (χ3n) is 3.50. The van der Waals surface area contributed by atoms with E-state index in [4.69, 9.17) is 0 Å². The van der Waals surface area contributed by atoms with E-state index in [0.29, 0.717) is 19.4 Å². The zero-order valence-corrected chi connectivity index (χ0v) is 11.8. The third kappa shape index (κ3) is 3.23. The van der Waals surface area contributed by atoms with E-state index in [1.807, 2.05) is 38.1 Å². The molecule has 0 bridgehead atoms. The topological polar surface area (TPSA) is 68.0 Å². The number of aromatic nitrogens is 3. The van der Waals surface area contributed by atoms with E-state index in [-0.39, 0.29) is 0 Å². The van der Waals surface area contributed by atoms with Gasteiger partial charge in [-0.05, 0) is 31.4 Å². The highest BCUT2D eigenvalue weighted by atomic mass is 16.4. The average Bonchev–Trinajstić information content (AvgIpc) is 2.87. The number of carboxylic acid groups (broad SMARTS) is 1. The van der Waals surface area contributed by atoms with Crippen molar-refractivity contribution in [1.82, 2.24) is 14.8 Å². The Kier molecular flexibility index (Phi) is 4.50. The van der Waals surface area contributed by atoms with Gasteiger partial charge in [0.15, 0.2) is 0 Å². The minimum absolute atomic E-state index is 0.400. The summed E-state index contributed by atoms with van der Waals surface area (Å²) in [7, 11) is 0. The molecule has 0 radical (unpaired) electrons. The highest BCUT2D eigenvalue weighted by molar-refractivity contribution is 5.70. The van der Waals surface area contributed by atoms with Crippen molar-refractivity contribution in [1.29, 1.82) is 0 Å². The number of carbonyl (C=O) groups is 1. The molecule has 0 fully saturated rings. The predicted octanol–water partition coefficient (Wildman–Crippen LogP) is 2.09. The number of aliphatic carboxylic acids is 1. The van der Waals surface area contributed by atoms with Crippen LogP contribution < -0.4 is 0 Å². The fourth-order valence-electron chi connectivity index (χ4n) is 2.28. The second kappa shape index (κ2) is 6.32. The molecule has 0 aliphatic heterocycles. The predicted molar refractivity (Wildman–Crippen MR) is 75.4 cm³/mol. The number of rotatable bonds is 6. The Labute approximate surface area is 118 Å². The summed E-state index contributed by atoms with van der Waals surface area (Å²) < 4.78 is 1.74. The standard InChI is InChI=1S/C15H19N3O2/c1-3-18-14(16-10-17-18)9-13(15(19)20)8-12-7-5-4-6-11(12)2/h4-7,10,13H,3,8-9H2,1-2H3,(H,19,20). The van der Waals surface area contributed by atoms with Crippen LogP contribution in [0.15, 0.2) is 30.6 Å². The van der Waals surface area contributed by atoms with Gasteiger partial charge in [-0.2, -0.15) is 5.10 Å². The maximum absolute atomic E-state index is 11.5. The van der Waals surface area contributed by atoms with Crippen LogP contribution in [0.3, 0.4) is 0 Å². The van der Waals surface area contributed by atoms with Crippen LogP contribution in [0.1, 0.15) is 23.9 Å². The van der Waals surface area contributed by atoms with Crippen molar-refractivity contribution in [3.05, 3.63) is 47.5 Å². The van der Waals surface area contributed by atoms with E-state index in [2.05, 4.69) is 10.1 Å². The van der Waals surface area contributed by atoms with Crippen LogP contribution in [-0.2, 0) is 24.2 Å². The molecule has 0 saturated carbocycles. The number of hydrogen-bond acceptors (Lipinski definition) is 3. The number of nitrogens with zero attached hydrogens (tertiary/aromatic N) is 3. The molecular weight excluding hydrogens is 254 g/mol. The number of carboxylic acids is 1. The molecule has 2 rings (SSSR count). The van der Waals surface area contributed by atoms with Gasteiger partial charge in [-0.3, -0.25) is 9.48 Å². The fraction of sp³-hybridized carbons (Fsp3) is 0.400. The Morgan fingerprint density at radius 1 is 1.35 bits per heavy atom. The smallest absolute Gasteiger partial charge is 0.307 e. The molecule has 20 heavy (non-hydrogen) atoms. The van der Waals surface area contributed by atoms with Gasteiger partial charge in [0.05, 0.1) is 5.92 Å². The van der Waals surface area contributed by atoms with Crippen molar-refractivity contribution in [3.63, 3.8) is 0 Å². The first-order valence-electron chi connectivity index (χ1n) is 6.75. The zero-order valence-electron chi connectivity index (χ0n) is 11.8.